The summed E-state index contributed by atoms with van der Waals surface area (Å²) >= 11 is 0. The van der Waals surface area contributed by atoms with Gasteiger partial charge in [-0.05, 0) is 24.5 Å². The Labute approximate surface area is 85.7 Å². The van der Waals surface area contributed by atoms with Crippen molar-refractivity contribution in [3.8, 4) is 0 Å². The Balaban J connectivity index is 2.58. The average molecular weight is 193 g/mol. The van der Waals surface area contributed by atoms with Gasteiger partial charge in [-0.25, -0.2) is 0 Å². The molecule has 1 aromatic rings. The zero-order valence-corrected chi connectivity index (χ0v) is 8.96. The Morgan fingerprint density at radius 3 is 2.64 bits per heavy atom. The fraction of sp³-hybridized carbons (Fsp3) is 0.545. The molecule has 78 valence electrons. The maximum absolute atomic E-state index is 5.41. The lowest BCUT2D eigenvalue weighted by atomic mass is 10.1. The van der Waals surface area contributed by atoms with Gasteiger partial charge in [0.15, 0.2) is 0 Å². The second-order valence-electron chi connectivity index (χ2n) is 3.49. The van der Waals surface area contributed by atoms with E-state index in [0.29, 0.717) is 6.04 Å². The van der Waals surface area contributed by atoms with Gasteiger partial charge in [-0.1, -0.05) is 19.9 Å². The summed E-state index contributed by atoms with van der Waals surface area (Å²) in [6, 6.07) is 4.54. The Kier molecular flexibility index (Phi) is 4.56. The summed E-state index contributed by atoms with van der Waals surface area (Å²) in [5.41, 5.74) is 5.17. The first kappa shape index (κ1) is 11.1. The Hall–Kier alpha value is -0.930. The zero-order chi connectivity index (χ0) is 10.4. The van der Waals surface area contributed by atoms with Crippen LogP contribution in [0, 0.1) is 0 Å². The van der Waals surface area contributed by atoms with Crippen molar-refractivity contribution >= 4 is 0 Å². The van der Waals surface area contributed by atoms with Crippen LogP contribution in [0.4, 0.5) is 0 Å². The smallest absolute Gasteiger partial charge is 0.0419 e. The van der Waals surface area contributed by atoms with E-state index in [2.05, 4.69) is 36.4 Å². The molecule has 3 N–H and O–H groups in total. The van der Waals surface area contributed by atoms with E-state index in [1.807, 2.05) is 6.20 Å². The molecule has 0 fully saturated rings. The van der Waals surface area contributed by atoms with Crippen molar-refractivity contribution in [3.05, 3.63) is 29.6 Å². The van der Waals surface area contributed by atoms with Gasteiger partial charge in [0.05, 0.1) is 0 Å². The van der Waals surface area contributed by atoms with Gasteiger partial charge in [0.2, 0.25) is 0 Å². The molecule has 0 aromatic carbocycles. The maximum Gasteiger partial charge on any atom is 0.0419 e. The first-order valence-electron chi connectivity index (χ1n) is 5.20. The summed E-state index contributed by atoms with van der Waals surface area (Å²) in [7, 11) is 0. The summed E-state index contributed by atoms with van der Waals surface area (Å²) in [5.74, 6) is 5.41. The predicted molar refractivity (Wildman–Crippen MR) is 58.7 cm³/mol. The minimum Gasteiger partial charge on any atom is -0.271 e. The molecule has 1 heterocycles. The number of aromatic nitrogens is 1. The van der Waals surface area contributed by atoms with E-state index >= 15 is 0 Å². The monoisotopic (exact) mass is 193 g/mol. The standard InChI is InChI=1S/C11H19N3/c1-3-9-5-6-11(13-8-9)7-10(4-2)14-12/h5-6,8,10,14H,3-4,7,12H2,1-2H3. The van der Waals surface area contributed by atoms with Gasteiger partial charge in [0.1, 0.15) is 0 Å². The molecule has 0 amide bonds. The van der Waals surface area contributed by atoms with Crippen LogP contribution >= 0.6 is 0 Å². The molecule has 0 spiro atoms. The molecule has 0 aliphatic heterocycles. The van der Waals surface area contributed by atoms with Crippen molar-refractivity contribution in [1.29, 1.82) is 0 Å². The summed E-state index contributed by atoms with van der Waals surface area (Å²) in [6.07, 6.45) is 4.91. The second kappa shape index (κ2) is 5.73. The van der Waals surface area contributed by atoms with Gasteiger partial charge in [-0.2, -0.15) is 0 Å². The molecule has 1 aromatic heterocycles. The number of hydrazine groups is 1. The van der Waals surface area contributed by atoms with Crippen molar-refractivity contribution < 1.29 is 0 Å². The van der Waals surface area contributed by atoms with Gasteiger partial charge >= 0.3 is 0 Å². The van der Waals surface area contributed by atoms with Crippen LogP contribution in [0.15, 0.2) is 18.3 Å². The van der Waals surface area contributed by atoms with Crippen molar-refractivity contribution in [2.75, 3.05) is 0 Å². The van der Waals surface area contributed by atoms with Crippen molar-refractivity contribution in [2.45, 2.75) is 39.2 Å². The molecule has 0 saturated carbocycles. The highest BCUT2D eigenvalue weighted by atomic mass is 15.2. The highest BCUT2D eigenvalue weighted by Crippen LogP contribution is 2.04. The van der Waals surface area contributed by atoms with E-state index in [-0.39, 0.29) is 0 Å². The summed E-state index contributed by atoms with van der Waals surface area (Å²) < 4.78 is 0. The molecule has 1 rings (SSSR count). The van der Waals surface area contributed by atoms with Gasteiger partial charge < -0.3 is 0 Å². The lowest BCUT2D eigenvalue weighted by Crippen LogP contribution is -2.36. The predicted octanol–water partition coefficient (Wildman–Crippen LogP) is 1.43. The number of hydrogen-bond donors (Lipinski definition) is 2. The third-order valence-electron chi connectivity index (χ3n) is 2.48. The van der Waals surface area contributed by atoms with Crippen LogP contribution in [-0.4, -0.2) is 11.0 Å². The Morgan fingerprint density at radius 1 is 1.43 bits per heavy atom. The number of nitrogens with two attached hydrogens (primary N) is 1. The second-order valence-corrected chi connectivity index (χ2v) is 3.49. The minimum atomic E-state index is 0.329. The number of nitrogens with one attached hydrogen (secondary N) is 1. The average Bonchev–Trinajstić information content (AvgIpc) is 2.26. The van der Waals surface area contributed by atoms with E-state index in [1.54, 1.807) is 0 Å². The van der Waals surface area contributed by atoms with Crippen LogP contribution in [0.5, 0.6) is 0 Å². The number of nitrogens with zero attached hydrogens (tertiary/aromatic N) is 1. The molecule has 14 heavy (non-hydrogen) atoms. The first-order chi connectivity index (χ1) is 6.80. The van der Waals surface area contributed by atoms with Gasteiger partial charge in [-0.3, -0.25) is 16.3 Å². The zero-order valence-electron chi connectivity index (χ0n) is 8.96. The largest absolute Gasteiger partial charge is 0.271 e. The lowest BCUT2D eigenvalue weighted by molar-refractivity contribution is 0.506. The summed E-state index contributed by atoms with van der Waals surface area (Å²) in [5, 5.41) is 0. The van der Waals surface area contributed by atoms with Gasteiger partial charge in [0, 0.05) is 24.4 Å². The quantitative estimate of drug-likeness (QED) is 0.549. The molecular formula is C11H19N3. The van der Waals surface area contributed by atoms with Crippen molar-refractivity contribution in [1.82, 2.24) is 10.4 Å². The topological polar surface area (TPSA) is 50.9 Å². The van der Waals surface area contributed by atoms with Crippen LogP contribution < -0.4 is 11.3 Å². The third kappa shape index (κ3) is 3.09. The van der Waals surface area contributed by atoms with Crippen LogP contribution in [0.1, 0.15) is 31.5 Å². The molecule has 0 bridgehead atoms. The maximum atomic E-state index is 5.41. The van der Waals surface area contributed by atoms with Crippen LogP contribution in [-0.2, 0) is 12.8 Å². The van der Waals surface area contributed by atoms with Crippen LogP contribution in [0.3, 0.4) is 0 Å². The molecule has 1 unspecified atom stereocenters. The molecule has 3 nitrogen and oxygen atoms in total. The normalized spacial score (nSPS) is 12.8. The summed E-state index contributed by atoms with van der Waals surface area (Å²) in [4.78, 5) is 4.39. The van der Waals surface area contributed by atoms with Crippen molar-refractivity contribution in [2.24, 2.45) is 5.84 Å². The molecular weight excluding hydrogens is 174 g/mol. The van der Waals surface area contributed by atoms with Gasteiger partial charge in [0.25, 0.3) is 0 Å². The Morgan fingerprint density at radius 2 is 2.21 bits per heavy atom. The number of hydrogen-bond acceptors (Lipinski definition) is 3. The van der Waals surface area contributed by atoms with Crippen LogP contribution in [0.25, 0.3) is 0 Å². The number of pyridine rings is 1. The van der Waals surface area contributed by atoms with E-state index in [0.717, 1.165) is 25.0 Å². The highest BCUT2D eigenvalue weighted by Gasteiger charge is 2.05. The SMILES string of the molecule is CCc1ccc(CC(CC)NN)nc1. The number of aryl methyl sites for hydroxylation is 1. The first-order valence-corrected chi connectivity index (χ1v) is 5.20. The lowest BCUT2D eigenvalue weighted by Gasteiger charge is -2.12. The fourth-order valence-electron chi connectivity index (χ4n) is 1.36. The Bertz CT molecular complexity index is 252. The van der Waals surface area contributed by atoms with E-state index in [4.69, 9.17) is 5.84 Å². The van der Waals surface area contributed by atoms with E-state index in [9.17, 15) is 0 Å². The number of rotatable bonds is 5. The minimum absolute atomic E-state index is 0.329. The summed E-state index contributed by atoms with van der Waals surface area (Å²) in [6.45, 7) is 4.25. The molecule has 0 radical (unpaired) electrons. The van der Waals surface area contributed by atoms with Crippen LogP contribution in [0.2, 0.25) is 0 Å². The molecule has 0 aliphatic carbocycles. The fourth-order valence-corrected chi connectivity index (χ4v) is 1.36. The van der Waals surface area contributed by atoms with Crippen molar-refractivity contribution in [3.63, 3.8) is 0 Å². The third-order valence-corrected chi connectivity index (χ3v) is 2.48. The van der Waals surface area contributed by atoms with Gasteiger partial charge in [-0.15, -0.1) is 0 Å². The molecule has 1 atom stereocenters. The molecule has 0 saturated heterocycles. The van der Waals surface area contributed by atoms with E-state index < -0.39 is 0 Å². The van der Waals surface area contributed by atoms with E-state index in [1.165, 1.54) is 5.56 Å². The molecule has 3 heteroatoms. The highest BCUT2D eigenvalue weighted by molar-refractivity contribution is 5.14. The molecule has 0 aliphatic rings.